The van der Waals surface area contributed by atoms with Gasteiger partial charge in [-0.1, -0.05) is 0 Å². The molecule has 0 aliphatic carbocycles. The van der Waals surface area contributed by atoms with Crippen LogP contribution in [0.15, 0.2) is 12.5 Å². The first-order valence-corrected chi connectivity index (χ1v) is 3.01. The fourth-order valence-electron chi connectivity index (χ4n) is 0.976. The highest BCUT2D eigenvalue weighted by molar-refractivity contribution is 4.87. The number of hydrogen-bond donors (Lipinski definition) is 2. The van der Waals surface area contributed by atoms with Crippen LogP contribution in [0.2, 0.25) is 0 Å². The van der Waals surface area contributed by atoms with Gasteiger partial charge in [0.25, 0.3) is 0 Å². The Morgan fingerprint density at radius 1 is 1.67 bits per heavy atom. The second kappa shape index (κ2) is 2.27. The van der Waals surface area contributed by atoms with E-state index < -0.39 is 0 Å². The molecule has 52 valence electrons. The Balaban J connectivity index is 2.39. The molecule has 1 aliphatic rings. The lowest BCUT2D eigenvalue weighted by Gasteiger charge is -2.13. The van der Waals surface area contributed by atoms with Crippen LogP contribution in [0.1, 0.15) is 6.42 Å². The molecule has 0 aromatic carbocycles. The fourth-order valence-corrected chi connectivity index (χ4v) is 0.976. The summed E-state index contributed by atoms with van der Waals surface area (Å²) in [5.41, 5.74) is 0. The predicted octanol–water partition coefficient (Wildman–Crippen LogP) is 0.0822. The molecule has 0 aromatic heterocycles. The number of β-amino-alcohol motifs (C(OH)–C–C–N with tert-alkyl or cyclic N) is 1. The maximum absolute atomic E-state index is 8.95. The van der Waals surface area contributed by atoms with E-state index in [0.29, 0.717) is 6.54 Å². The van der Waals surface area contributed by atoms with Crippen LogP contribution >= 0.6 is 0 Å². The van der Waals surface area contributed by atoms with Gasteiger partial charge in [-0.15, -0.1) is 0 Å². The van der Waals surface area contributed by atoms with Gasteiger partial charge in [-0.3, -0.25) is 0 Å². The van der Waals surface area contributed by atoms with Crippen molar-refractivity contribution in [2.45, 2.75) is 12.5 Å². The molecule has 0 radical (unpaired) electrons. The molecule has 3 heteroatoms. The van der Waals surface area contributed by atoms with Crippen LogP contribution in [0.25, 0.3) is 0 Å². The average Bonchev–Trinajstić information content (AvgIpc) is 2.14. The standard InChI is InChI=1S/C6H11NO2/c1-5(8)7-3-2-6(9)4-7/h6,8-9H,1-4H2. The van der Waals surface area contributed by atoms with E-state index in [9.17, 15) is 0 Å². The molecule has 0 spiro atoms. The maximum Gasteiger partial charge on any atom is 0.179 e. The van der Waals surface area contributed by atoms with Crippen molar-refractivity contribution in [3.8, 4) is 0 Å². The zero-order valence-corrected chi connectivity index (χ0v) is 5.25. The molecule has 0 aromatic rings. The van der Waals surface area contributed by atoms with E-state index in [-0.39, 0.29) is 12.0 Å². The molecule has 1 aliphatic heterocycles. The Morgan fingerprint density at radius 2 is 2.33 bits per heavy atom. The Hall–Kier alpha value is -0.700. The minimum absolute atomic E-state index is 0.0616. The molecule has 0 bridgehead atoms. The number of nitrogens with zero attached hydrogens (tertiary/aromatic N) is 1. The number of aliphatic hydroxyl groups excluding tert-OH is 2. The number of rotatable bonds is 1. The molecular formula is C6H11NO2. The summed E-state index contributed by atoms with van der Waals surface area (Å²) in [6.45, 7) is 4.58. The van der Waals surface area contributed by atoms with Gasteiger partial charge in [0.1, 0.15) is 0 Å². The summed E-state index contributed by atoms with van der Waals surface area (Å²) in [6.07, 6.45) is 0.452. The molecule has 9 heavy (non-hydrogen) atoms. The maximum atomic E-state index is 8.95. The molecule has 2 N–H and O–H groups in total. The van der Waals surface area contributed by atoms with Crippen molar-refractivity contribution in [3.63, 3.8) is 0 Å². The average molecular weight is 129 g/mol. The first kappa shape index (κ1) is 6.42. The summed E-state index contributed by atoms with van der Waals surface area (Å²) in [7, 11) is 0. The Bertz CT molecular complexity index is 124. The second-order valence-corrected chi connectivity index (χ2v) is 2.30. The van der Waals surface area contributed by atoms with Crippen molar-refractivity contribution in [3.05, 3.63) is 12.5 Å². The van der Waals surface area contributed by atoms with E-state index in [1.807, 2.05) is 0 Å². The molecule has 1 unspecified atom stereocenters. The van der Waals surface area contributed by atoms with Gasteiger partial charge in [0.05, 0.1) is 6.10 Å². The van der Waals surface area contributed by atoms with Crippen LogP contribution in [-0.4, -0.2) is 34.3 Å². The van der Waals surface area contributed by atoms with Crippen LogP contribution in [0.5, 0.6) is 0 Å². The summed E-state index contributed by atoms with van der Waals surface area (Å²) < 4.78 is 0. The van der Waals surface area contributed by atoms with Crippen LogP contribution in [0, 0.1) is 0 Å². The van der Waals surface area contributed by atoms with E-state index >= 15 is 0 Å². The third-order valence-electron chi connectivity index (χ3n) is 1.53. The molecule has 1 fully saturated rings. The summed E-state index contributed by atoms with van der Waals surface area (Å²) >= 11 is 0. The van der Waals surface area contributed by atoms with Gasteiger partial charge in [-0.05, 0) is 13.0 Å². The molecule has 1 rings (SSSR count). The van der Waals surface area contributed by atoms with Gasteiger partial charge in [0, 0.05) is 13.1 Å². The van der Waals surface area contributed by atoms with Gasteiger partial charge < -0.3 is 15.1 Å². The van der Waals surface area contributed by atoms with E-state index in [1.165, 1.54) is 0 Å². The normalized spacial score (nSPS) is 26.8. The van der Waals surface area contributed by atoms with Gasteiger partial charge in [-0.25, -0.2) is 0 Å². The van der Waals surface area contributed by atoms with Crippen molar-refractivity contribution >= 4 is 0 Å². The van der Waals surface area contributed by atoms with E-state index in [4.69, 9.17) is 10.2 Å². The summed E-state index contributed by atoms with van der Waals surface area (Å²) in [4.78, 5) is 1.66. The summed E-state index contributed by atoms with van der Waals surface area (Å²) in [6, 6.07) is 0. The highest BCUT2D eigenvalue weighted by Gasteiger charge is 2.20. The molecule has 0 amide bonds. The quantitative estimate of drug-likeness (QED) is 0.493. The molecule has 1 heterocycles. The molecular weight excluding hydrogens is 118 g/mol. The lowest BCUT2D eigenvalue weighted by molar-refractivity contribution is 0.165. The zero-order chi connectivity index (χ0) is 6.85. The van der Waals surface area contributed by atoms with Crippen molar-refractivity contribution in [1.29, 1.82) is 0 Å². The van der Waals surface area contributed by atoms with Gasteiger partial charge in [0.15, 0.2) is 5.88 Å². The van der Waals surface area contributed by atoms with Gasteiger partial charge in [-0.2, -0.15) is 0 Å². The third kappa shape index (κ3) is 1.36. The highest BCUT2D eigenvalue weighted by atomic mass is 16.3. The topological polar surface area (TPSA) is 43.7 Å². The largest absolute Gasteiger partial charge is 0.495 e. The SMILES string of the molecule is C=C(O)N1CCC(O)C1. The lowest BCUT2D eigenvalue weighted by Crippen LogP contribution is -2.20. The van der Waals surface area contributed by atoms with Crippen molar-refractivity contribution in [2.75, 3.05) is 13.1 Å². The van der Waals surface area contributed by atoms with Crippen molar-refractivity contribution in [2.24, 2.45) is 0 Å². The summed E-state index contributed by atoms with van der Waals surface area (Å²) in [5, 5.41) is 17.7. The molecule has 0 saturated carbocycles. The Morgan fingerprint density at radius 3 is 2.56 bits per heavy atom. The summed E-state index contributed by atoms with van der Waals surface area (Å²) in [5.74, 6) is 0.0616. The minimum atomic E-state index is -0.283. The number of likely N-dealkylation sites (tertiary alicyclic amines) is 1. The van der Waals surface area contributed by atoms with Crippen LogP contribution in [-0.2, 0) is 0 Å². The smallest absolute Gasteiger partial charge is 0.179 e. The first-order valence-electron chi connectivity index (χ1n) is 3.01. The van der Waals surface area contributed by atoms with Crippen molar-refractivity contribution < 1.29 is 10.2 Å². The Kier molecular flexibility index (Phi) is 1.62. The monoisotopic (exact) mass is 129 g/mol. The predicted molar refractivity (Wildman–Crippen MR) is 34.0 cm³/mol. The van der Waals surface area contributed by atoms with Gasteiger partial charge >= 0.3 is 0 Å². The third-order valence-corrected chi connectivity index (χ3v) is 1.53. The van der Waals surface area contributed by atoms with E-state index in [0.717, 1.165) is 13.0 Å². The second-order valence-electron chi connectivity index (χ2n) is 2.30. The van der Waals surface area contributed by atoms with Crippen LogP contribution in [0.4, 0.5) is 0 Å². The molecule has 3 nitrogen and oxygen atoms in total. The van der Waals surface area contributed by atoms with E-state index in [1.54, 1.807) is 4.90 Å². The molecule has 1 atom stereocenters. The number of aliphatic hydroxyl groups is 2. The minimum Gasteiger partial charge on any atom is -0.495 e. The lowest BCUT2D eigenvalue weighted by atomic mass is 10.3. The number of hydrogen-bond acceptors (Lipinski definition) is 3. The Labute approximate surface area is 54.2 Å². The molecule has 1 saturated heterocycles. The van der Waals surface area contributed by atoms with Crippen molar-refractivity contribution in [1.82, 2.24) is 4.90 Å². The van der Waals surface area contributed by atoms with Crippen LogP contribution in [0.3, 0.4) is 0 Å². The first-order chi connectivity index (χ1) is 4.20. The fraction of sp³-hybridized carbons (Fsp3) is 0.667. The van der Waals surface area contributed by atoms with Crippen LogP contribution < -0.4 is 0 Å². The highest BCUT2D eigenvalue weighted by Crippen LogP contribution is 2.11. The van der Waals surface area contributed by atoms with Gasteiger partial charge in [0.2, 0.25) is 0 Å². The van der Waals surface area contributed by atoms with E-state index in [2.05, 4.69) is 6.58 Å². The zero-order valence-electron chi connectivity index (χ0n) is 5.25.